The van der Waals surface area contributed by atoms with Crippen LogP contribution in [0.4, 0.5) is 0 Å². The van der Waals surface area contributed by atoms with Gasteiger partial charge in [-0.1, -0.05) is 6.92 Å². The van der Waals surface area contributed by atoms with Crippen molar-refractivity contribution in [3.8, 4) is 0 Å². The molecule has 0 aromatic heterocycles. The van der Waals surface area contributed by atoms with Gasteiger partial charge in [0.15, 0.2) is 0 Å². The molecule has 0 unspecified atom stereocenters. The first kappa shape index (κ1) is 16.9. The Labute approximate surface area is 120 Å². The fraction of sp³-hybridized carbons (Fsp3) is 0.857. The van der Waals surface area contributed by atoms with Crippen molar-refractivity contribution in [2.75, 3.05) is 26.3 Å². The van der Waals surface area contributed by atoms with Crippen LogP contribution in [0.5, 0.6) is 0 Å². The predicted molar refractivity (Wildman–Crippen MR) is 75.6 cm³/mol. The lowest BCUT2D eigenvalue weighted by molar-refractivity contribution is -0.139. The lowest BCUT2D eigenvalue weighted by atomic mass is 9.85. The molecule has 1 aliphatic rings. The van der Waals surface area contributed by atoms with E-state index in [1.54, 1.807) is 0 Å². The molecular formula is C14H26N2O4. The summed E-state index contributed by atoms with van der Waals surface area (Å²) in [7, 11) is 0. The SMILES string of the molecule is CCOCCCC(=O)NC1CC(N(CC)CC(=O)O)C1. The van der Waals surface area contributed by atoms with Gasteiger partial charge in [-0.15, -0.1) is 0 Å². The summed E-state index contributed by atoms with van der Waals surface area (Å²) in [4.78, 5) is 24.3. The maximum absolute atomic E-state index is 11.7. The molecule has 0 aromatic rings. The van der Waals surface area contributed by atoms with Gasteiger partial charge in [0.2, 0.25) is 5.91 Å². The van der Waals surface area contributed by atoms with Gasteiger partial charge in [0.05, 0.1) is 6.54 Å². The largest absolute Gasteiger partial charge is 0.480 e. The third-order valence-corrected chi connectivity index (χ3v) is 3.64. The molecule has 20 heavy (non-hydrogen) atoms. The second-order valence-electron chi connectivity index (χ2n) is 5.15. The second kappa shape index (κ2) is 8.92. The van der Waals surface area contributed by atoms with Gasteiger partial charge in [0, 0.05) is 31.7 Å². The normalized spacial score (nSPS) is 21.6. The second-order valence-corrected chi connectivity index (χ2v) is 5.15. The van der Waals surface area contributed by atoms with Crippen molar-refractivity contribution < 1.29 is 19.4 Å². The molecule has 1 rings (SSSR count). The van der Waals surface area contributed by atoms with Gasteiger partial charge in [-0.2, -0.15) is 0 Å². The van der Waals surface area contributed by atoms with Crippen molar-refractivity contribution in [2.24, 2.45) is 0 Å². The topological polar surface area (TPSA) is 78.9 Å². The standard InChI is InChI=1S/C14H26N2O4/c1-3-16(10-14(18)19)12-8-11(9-12)15-13(17)6-5-7-20-4-2/h11-12H,3-10H2,1-2H3,(H,15,17)(H,18,19). The van der Waals surface area contributed by atoms with Crippen LogP contribution in [-0.2, 0) is 14.3 Å². The van der Waals surface area contributed by atoms with Gasteiger partial charge >= 0.3 is 5.97 Å². The number of amides is 1. The van der Waals surface area contributed by atoms with Gasteiger partial charge in [-0.25, -0.2) is 0 Å². The van der Waals surface area contributed by atoms with E-state index in [4.69, 9.17) is 9.84 Å². The zero-order valence-electron chi connectivity index (χ0n) is 12.4. The maximum atomic E-state index is 11.7. The molecule has 6 heteroatoms. The van der Waals surface area contributed by atoms with Crippen molar-refractivity contribution in [2.45, 2.75) is 51.6 Å². The number of hydrogen-bond donors (Lipinski definition) is 2. The summed E-state index contributed by atoms with van der Waals surface area (Å²) in [5.41, 5.74) is 0. The molecule has 0 atom stereocenters. The summed E-state index contributed by atoms with van der Waals surface area (Å²) in [5.74, 6) is -0.732. The van der Waals surface area contributed by atoms with E-state index in [-0.39, 0.29) is 24.5 Å². The summed E-state index contributed by atoms with van der Waals surface area (Å²) in [6, 6.07) is 0.479. The highest BCUT2D eigenvalue weighted by Gasteiger charge is 2.34. The maximum Gasteiger partial charge on any atom is 0.317 e. The Morgan fingerprint density at radius 3 is 2.60 bits per heavy atom. The molecule has 1 aliphatic carbocycles. The summed E-state index contributed by atoms with van der Waals surface area (Å²) in [6.45, 7) is 6.01. The average Bonchev–Trinajstić information content (AvgIpc) is 2.36. The van der Waals surface area contributed by atoms with E-state index in [0.29, 0.717) is 19.6 Å². The highest BCUT2D eigenvalue weighted by molar-refractivity contribution is 5.76. The van der Waals surface area contributed by atoms with Crippen LogP contribution in [0, 0.1) is 0 Å². The van der Waals surface area contributed by atoms with Crippen LogP contribution in [0.15, 0.2) is 0 Å². The number of ether oxygens (including phenoxy) is 1. The summed E-state index contributed by atoms with van der Waals surface area (Å²) >= 11 is 0. The number of nitrogens with one attached hydrogen (secondary N) is 1. The van der Waals surface area contributed by atoms with Crippen LogP contribution < -0.4 is 5.32 Å². The number of carbonyl (C=O) groups excluding carboxylic acids is 1. The highest BCUT2D eigenvalue weighted by Crippen LogP contribution is 2.25. The molecule has 1 saturated carbocycles. The van der Waals surface area contributed by atoms with Crippen LogP contribution in [0.3, 0.4) is 0 Å². The van der Waals surface area contributed by atoms with E-state index >= 15 is 0 Å². The lowest BCUT2D eigenvalue weighted by Gasteiger charge is -2.42. The molecule has 0 aromatic carbocycles. The monoisotopic (exact) mass is 286 g/mol. The zero-order valence-corrected chi connectivity index (χ0v) is 12.4. The number of likely N-dealkylation sites (N-methyl/N-ethyl adjacent to an activating group) is 1. The smallest absolute Gasteiger partial charge is 0.317 e. The Morgan fingerprint density at radius 1 is 1.35 bits per heavy atom. The number of nitrogens with zero attached hydrogens (tertiary/aromatic N) is 1. The molecule has 2 N–H and O–H groups in total. The zero-order chi connectivity index (χ0) is 15.0. The molecule has 116 valence electrons. The molecule has 0 heterocycles. The van der Waals surface area contributed by atoms with Crippen LogP contribution in [-0.4, -0.2) is 60.3 Å². The van der Waals surface area contributed by atoms with E-state index in [0.717, 1.165) is 25.8 Å². The molecule has 6 nitrogen and oxygen atoms in total. The molecule has 0 radical (unpaired) electrons. The minimum atomic E-state index is -0.796. The summed E-state index contributed by atoms with van der Waals surface area (Å²) in [6.07, 6.45) is 2.93. The first-order valence-corrected chi connectivity index (χ1v) is 7.39. The number of aliphatic carboxylic acids is 1. The van der Waals surface area contributed by atoms with Crippen LogP contribution >= 0.6 is 0 Å². The van der Waals surface area contributed by atoms with Gasteiger partial charge in [0.1, 0.15) is 0 Å². The van der Waals surface area contributed by atoms with E-state index < -0.39 is 5.97 Å². The molecular weight excluding hydrogens is 260 g/mol. The predicted octanol–water partition coefficient (Wildman–Crippen LogP) is 0.857. The Bertz CT molecular complexity index is 316. The third-order valence-electron chi connectivity index (χ3n) is 3.64. The van der Waals surface area contributed by atoms with Crippen LogP contribution in [0.25, 0.3) is 0 Å². The van der Waals surface area contributed by atoms with Gasteiger partial charge in [-0.3, -0.25) is 14.5 Å². The number of carboxylic acids is 1. The number of carboxylic acid groups (broad SMARTS) is 1. The highest BCUT2D eigenvalue weighted by atomic mass is 16.5. The van der Waals surface area contributed by atoms with E-state index in [1.807, 2.05) is 18.7 Å². The fourth-order valence-corrected chi connectivity index (χ4v) is 2.46. The molecule has 1 fully saturated rings. The molecule has 1 amide bonds. The Kier molecular flexibility index (Phi) is 7.54. The Hall–Kier alpha value is -1.14. The first-order valence-electron chi connectivity index (χ1n) is 7.39. The number of rotatable bonds is 10. The minimum Gasteiger partial charge on any atom is -0.480 e. The summed E-state index contributed by atoms with van der Waals surface area (Å²) < 4.78 is 5.19. The van der Waals surface area contributed by atoms with Gasteiger partial charge in [-0.05, 0) is 32.7 Å². The Balaban J connectivity index is 2.14. The number of hydrogen-bond acceptors (Lipinski definition) is 4. The number of carbonyl (C=O) groups is 2. The van der Waals surface area contributed by atoms with E-state index in [1.165, 1.54) is 0 Å². The van der Waals surface area contributed by atoms with Crippen molar-refractivity contribution in [1.82, 2.24) is 10.2 Å². The fourth-order valence-electron chi connectivity index (χ4n) is 2.46. The van der Waals surface area contributed by atoms with Gasteiger partial charge in [0.25, 0.3) is 0 Å². The quantitative estimate of drug-likeness (QED) is 0.582. The third kappa shape index (κ3) is 5.88. The molecule has 0 bridgehead atoms. The van der Waals surface area contributed by atoms with Crippen molar-refractivity contribution in [3.63, 3.8) is 0 Å². The van der Waals surface area contributed by atoms with Crippen LogP contribution in [0.2, 0.25) is 0 Å². The van der Waals surface area contributed by atoms with Gasteiger partial charge < -0.3 is 15.2 Å². The van der Waals surface area contributed by atoms with Crippen molar-refractivity contribution >= 4 is 11.9 Å². The summed E-state index contributed by atoms with van der Waals surface area (Å²) in [5, 5.41) is 11.8. The van der Waals surface area contributed by atoms with E-state index in [9.17, 15) is 9.59 Å². The minimum absolute atomic E-state index is 0.0643. The molecule has 0 spiro atoms. The lowest BCUT2D eigenvalue weighted by Crippen LogP contribution is -2.54. The van der Waals surface area contributed by atoms with E-state index in [2.05, 4.69) is 5.32 Å². The molecule has 0 saturated heterocycles. The van der Waals surface area contributed by atoms with Crippen molar-refractivity contribution in [3.05, 3.63) is 0 Å². The first-order chi connectivity index (χ1) is 9.56. The average molecular weight is 286 g/mol. The van der Waals surface area contributed by atoms with Crippen molar-refractivity contribution in [1.29, 1.82) is 0 Å². The Morgan fingerprint density at radius 2 is 2.05 bits per heavy atom. The molecule has 0 aliphatic heterocycles. The van der Waals surface area contributed by atoms with Crippen LogP contribution in [0.1, 0.15) is 39.5 Å².